The molecule has 1 rings (SSSR count). The number of methoxy groups -OCH3 is 1. The summed E-state index contributed by atoms with van der Waals surface area (Å²) in [6, 6.07) is 5.12. The highest BCUT2D eigenvalue weighted by atomic mass is 35.5. The summed E-state index contributed by atoms with van der Waals surface area (Å²) < 4.78 is 4.84. The Labute approximate surface area is 117 Å². The van der Waals surface area contributed by atoms with Gasteiger partial charge in [-0.15, -0.1) is 0 Å². The molecule has 5 nitrogen and oxygen atoms in total. The highest BCUT2D eigenvalue weighted by molar-refractivity contribution is 6.40. The molecular weight excluding hydrogens is 268 g/mol. The highest BCUT2D eigenvalue weighted by Crippen LogP contribution is 2.22. The van der Waals surface area contributed by atoms with Crippen molar-refractivity contribution in [3.63, 3.8) is 0 Å². The molecule has 0 bridgehead atoms. The van der Waals surface area contributed by atoms with Crippen molar-refractivity contribution < 1.29 is 14.3 Å². The quantitative estimate of drug-likeness (QED) is 0.639. The lowest BCUT2D eigenvalue weighted by atomic mass is 10.2. The smallest absolute Gasteiger partial charge is 0.313 e. The van der Waals surface area contributed by atoms with E-state index in [9.17, 15) is 9.59 Å². The molecule has 0 aliphatic heterocycles. The third-order valence-corrected chi connectivity index (χ3v) is 2.94. The Morgan fingerprint density at radius 3 is 2.74 bits per heavy atom. The van der Waals surface area contributed by atoms with Gasteiger partial charge < -0.3 is 15.4 Å². The van der Waals surface area contributed by atoms with E-state index in [4.69, 9.17) is 16.3 Å². The van der Waals surface area contributed by atoms with Crippen LogP contribution in [0.2, 0.25) is 5.02 Å². The van der Waals surface area contributed by atoms with Gasteiger partial charge in [-0.1, -0.05) is 17.7 Å². The molecule has 0 atom stereocenters. The lowest BCUT2D eigenvalue weighted by Gasteiger charge is -2.09. The molecule has 0 fully saturated rings. The van der Waals surface area contributed by atoms with Crippen molar-refractivity contribution in [1.82, 2.24) is 5.32 Å². The van der Waals surface area contributed by atoms with Crippen molar-refractivity contribution in [3.8, 4) is 0 Å². The zero-order valence-corrected chi connectivity index (χ0v) is 11.7. The summed E-state index contributed by atoms with van der Waals surface area (Å²) in [5.41, 5.74) is 1.26. The molecule has 104 valence electrons. The molecule has 1 aromatic rings. The fraction of sp³-hybridized carbons (Fsp3) is 0.385. The number of nitrogens with one attached hydrogen (secondary N) is 2. The van der Waals surface area contributed by atoms with Crippen LogP contribution in [0.5, 0.6) is 0 Å². The fourth-order valence-corrected chi connectivity index (χ4v) is 1.60. The second-order valence-corrected chi connectivity index (χ2v) is 4.38. The van der Waals surface area contributed by atoms with Gasteiger partial charge in [0.1, 0.15) is 0 Å². The van der Waals surface area contributed by atoms with Crippen LogP contribution in [0.3, 0.4) is 0 Å². The van der Waals surface area contributed by atoms with Crippen LogP contribution in [-0.4, -0.2) is 32.1 Å². The number of hydrogen-bond donors (Lipinski definition) is 2. The fourth-order valence-electron chi connectivity index (χ4n) is 1.42. The minimum Gasteiger partial charge on any atom is -0.385 e. The molecule has 0 aliphatic carbocycles. The van der Waals surface area contributed by atoms with Crippen LogP contribution < -0.4 is 10.6 Å². The molecule has 2 N–H and O–H groups in total. The number of rotatable bonds is 5. The predicted octanol–water partition coefficient (Wildman–Crippen LogP) is 1.74. The van der Waals surface area contributed by atoms with E-state index in [0.717, 1.165) is 5.56 Å². The van der Waals surface area contributed by atoms with Gasteiger partial charge >= 0.3 is 11.8 Å². The van der Waals surface area contributed by atoms with Gasteiger partial charge in [-0.25, -0.2) is 0 Å². The van der Waals surface area contributed by atoms with E-state index in [0.29, 0.717) is 30.3 Å². The zero-order valence-electron chi connectivity index (χ0n) is 11.0. The first-order valence-electron chi connectivity index (χ1n) is 5.89. The lowest BCUT2D eigenvalue weighted by molar-refractivity contribution is -0.136. The topological polar surface area (TPSA) is 67.4 Å². The van der Waals surface area contributed by atoms with E-state index < -0.39 is 11.8 Å². The Morgan fingerprint density at radius 2 is 2.05 bits per heavy atom. The van der Waals surface area contributed by atoms with E-state index in [2.05, 4.69) is 10.6 Å². The summed E-state index contributed by atoms with van der Waals surface area (Å²) in [6.07, 6.45) is 0.658. The van der Waals surface area contributed by atoms with Gasteiger partial charge in [-0.3, -0.25) is 9.59 Å². The molecule has 0 unspecified atom stereocenters. The number of carbonyl (C=O) groups is 2. The largest absolute Gasteiger partial charge is 0.385 e. The van der Waals surface area contributed by atoms with Gasteiger partial charge in [-0.2, -0.15) is 0 Å². The SMILES string of the molecule is COCCCNC(=O)C(=O)Nc1cccc(Cl)c1C. The number of ether oxygens (including phenoxy) is 1. The summed E-state index contributed by atoms with van der Waals surface area (Å²) in [6.45, 7) is 2.71. The summed E-state index contributed by atoms with van der Waals surface area (Å²) in [4.78, 5) is 23.2. The molecule has 6 heteroatoms. The Hall–Kier alpha value is -1.59. The van der Waals surface area contributed by atoms with E-state index >= 15 is 0 Å². The van der Waals surface area contributed by atoms with Gasteiger partial charge in [0.2, 0.25) is 0 Å². The third-order valence-electron chi connectivity index (χ3n) is 2.53. The maximum absolute atomic E-state index is 11.6. The molecule has 0 saturated heterocycles. The summed E-state index contributed by atoms with van der Waals surface area (Å²) in [5.74, 6) is -1.38. The van der Waals surface area contributed by atoms with Crippen molar-refractivity contribution >= 4 is 29.1 Å². The molecule has 0 aromatic heterocycles. The number of benzene rings is 1. The number of halogens is 1. The minimum atomic E-state index is -0.706. The molecule has 0 heterocycles. The lowest BCUT2D eigenvalue weighted by Crippen LogP contribution is -2.36. The molecule has 0 spiro atoms. The summed E-state index contributed by atoms with van der Waals surface area (Å²) in [7, 11) is 1.58. The summed E-state index contributed by atoms with van der Waals surface area (Å²) in [5, 5.41) is 5.57. The number of hydrogen-bond acceptors (Lipinski definition) is 3. The maximum Gasteiger partial charge on any atom is 0.313 e. The maximum atomic E-state index is 11.6. The monoisotopic (exact) mass is 284 g/mol. The van der Waals surface area contributed by atoms with Gasteiger partial charge in [0, 0.05) is 31.0 Å². The van der Waals surface area contributed by atoms with E-state index in [1.165, 1.54) is 0 Å². The number of anilines is 1. The van der Waals surface area contributed by atoms with Crippen molar-refractivity contribution in [2.75, 3.05) is 25.6 Å². The molecule has 0 aliphatic rings. The van der Waals surface area contributed by atoms with E-state index in [-0.39, 0.29) is 0 Å². The highest BCUT2D eigenvalue weighted by Gasteiger charge is 2.14. The van der Waals surface area contributed by atoms with Crippen LogP contribution >= 0.6 is 11.6 Å². The molecular formula is C13H17ClN2O3. The molecule has 1 aromatic carbocycles. The molecule has 2 amide bonds. The molecule has 0 radical (unpaired) electrons. The van der Waals surface area contributed by atoms with E-state index in [1.54, 1.807) is 32.2 Å². The average Bonchev–Trinajstić information content (AvgIpc) is 2.39. The van der Waals surface area contributed by atoms with Crippen molar-refractivity contribution in [2.45, 2.75) is 13.3 Å². The van der Waals surface area contributed by atoms with Crippen LogP contribution in [0.25, 0.3) is 0 Å². The van der Waals surface area contributed by atoms with Crippen LogP contribution in [0.4, 0.5) is 5.69 Å². The molecule has 19 heavy (non-hydrogen) atoms. The first-order valence-corrected chi connectivity index (χ1v) is 6.27. The minimum absolute atomic E-state index is 0.397. The van der Waals surface area contributed by atoms with Gasteiger partial charge in [0.25, 0.3) is 0 Å². The van der Waals surface area contributed by atoms with Crippen LogP contribution in [0.1, 0.15) is 12.0 Å². The Bertz CT molecular complexity index is 463. The van der Waals surface area contributed by atoms with Crippen molar-refractivity contribution in [3.05, 3.63) is 28.8 Å². The van der Waals surface area contributed by atoms with E-state index in [1.807, 2.05) is 0 Å². The molecule has 0 saturated carbocycles. The van der Waals surface area contributed by atoms with Crippen molar-refractivity contribution in [1.29, 1.82) is 0 Å². The van der Waals surface area contributed by atoms with Gasteiger partial charge in [0.05, 0.1) is 0 Å². The first-order chi connectivity index (χ1) is 9.06. The standard InChI is InChI=1S/C13H17ClN2O3/c1-9-10(14)5-3-6-11(9)16-13(18)12(17)15-7-4-8-19-2/h3,5-6H,4,7-8H2,1-2H3,(H,15,17)(H,16,18). The Morgan fingerprint density at radius 1 is 1.32 bits per heavy atom. The Balaban J connectivity index is 2.50. The number of amides is 2. The predicted molar refractivity (Wildman–Crippen MR) is 74.3 cm³/mol. The third kappa shape index (κ3) is 4.89. The average molecular weight is 285 g/mol. The second-order valence-electron chi connectivity index (χ2n) is 3.97. The van der Waals surface area contributed by atoms with Gasteiger partial charge in [0.15, 0.2) is 0 Å². The zero-order chi connectivity index (χ0) is 14.3. The van der Waals surface area contributed by atoms with Crippen LogP contribution in [0, 0.1) is 6.92 Å². The summed E-state index contributed by atoms with van der Waals surface area (Å²) >= 11 is 5.93. The normalized spacial score (nSPS) is 10.1. The van der Waals surface area contributed by atoms with Crippen LogP contribution in [-0.2, 0) is 14.3 Å². The first kappa shape index (κ1) is 15.5. The second kappa shape index (κ2) is 7.76. The Kier molecular flexibility index (Phi) is 6.32. The number of carbonyl (C=O) groups excluding carboxylic acids is 2. The van der Waals surface area contributed by atoms with Gasteiger partial charge in [-0.05, 0) is 31.0 Å². The van der Waals surface area contributed by atoms with Crippen molar-refractivity contribution in [2.24, 2.45) is 0 Å². The van der Waals surface area contributed by atoms with Crippen LogP contribution in [0.15, 0.2) is 18.2 Å².